The molecular formula is C12H32O2Si4. The van der Waals surface area contributed by atoms with E-state index in [1.165, 1.54) is 6.04 Å². The zero-order valence-electron chi connectivity index (χ0n) is 14.0. The van der Waals surface area contributed by atoms with Crippen molar-refractivity contribution >= 4 is 31.1 Å². The Labute approximate surface area is 117 Å². The van der Waals surface area contributed by atoms with Crippen LogP contribution in [0.2, 0.25) is 58.4 Å². The first-order valence-electron chi connectivity index (χ1n) is 7.02. The summed E-state index contributed by atoms with van der Waals surface area (Å²) in [5.74, 6) is 0. The fourth-order valence-electron chi connectivity index (χ4n) is 3.75. The minimum atomic E-state index is -1.71. The molecule has 0 aliphatic carbocycles. The van der Waals surface area contributed by atoms with Crippen molar-refractivity contribution < 1.29 is 8.54 Å². The Kier molecular flexibility index (Phi) is 4.11. The van der Waals surface area contributed by atoms with Crippen LogP contribution in [0.1, 0.15) is 13.8 Å². The second kappa shape index (κ2) is 4.39. The molecule has 1 unspecified atom stereocenters. The van der Waals surface area contributed by atoms with E-state index in [-0.39, 0.29) is 5.60 Å². The lowest BCUT2D eigenvalue weighted by Gasteiger charge is -2.59. The lowest BCUT2D eigenvalue weighted by Crippen LogP contribution is -2.81. The normalized spacial score (nSPS) is 34.3. The third-order valence-corrected chi connectivity index (χ3v) is 44.9. The molecule has 0 bridgehead atoms. The average molecular weight is 321 g/mol. The summed E-state index contributed by atoms with van der Waals surface area (Å²) in [6.07, 6.45) is 0. The van der Waals surface area contributed by atoms with Crippen molar-refractivity contribution in [2.24, 2.45) is 0 Å². The molecule has 0 radical (unpaired) electrons. The zero-order chi connectivity index (χ0) is 14.6. The van der Waals surface area contributed by atoms with Gasteiger partial charge in [-0.3, -0.25) is 0 Å². The lowest BCUT2D eigenvalue weighted by molar-refractivity contribution is 0.120. The van der Waals surface area contributed by atoms with Gasteiger partial charge in [0.2, 0.25) is 7.83 Å². The van der Waals surface area contributed by atoms with E-state index >= 15 is 0 Å². The molecule has 1 fully saturated rings. The quantitative estimate of drug-likeness (QED) is 0.707. The lowest BCUT2D eigenvalue weighted by atomic mass is 10.2. The Hall–Kier alpha value is 0.788. The largest absolute Gasteiger partial charge is 0.458 e. The first-order valence-corrected chi connectivity index (χ1v) is 21.0. The molecule has 108 valence electrons. The smallest absolute Gasteiger partial charge is 0.201 e. The van der Waals surface area contributed by atoms with Gasteiger partial charge in [-0.15, -0.1) is 0 Å². The maximum atomic E-state index is 6.87. The van der Waals surface area contributed by atoms with Crippen molar-refractivity contribution in [2.45, 2.75) is 77.9 Å². The van der Waals surface area contributed by atoms with Crippen molar-refractivity contribution in [3.05, 3.63) is 0 Å². The van der Waals surface area contributed by atoms with Gasteiger partial charge >= 0.3 is 0 Å². The second-order valence-electron chi connectivity index (χ2n) is 8.68. The van der Waals surface area contributed by atoms with Crippen LogP contribution in [-0.2, 0) is 8.54 Å². The Morgan fingerprint density at radius 2 is 1.44 bits per heavy atom. The molecule has 2 nitrogen and oxygen atoms in total. The van der Waals surface area contributed by atoms with Gasteiger partial charge in [-0.1, -0.05) is 13.1 Å². The van der Waals surface area contributed by atoms with E-state index in [2.05, 4.69) is 66.2 Å². The van der Waals surface area contributed by atoms with Crippen LogP contribution in [-0.4, -0.2) is 36.7 Å². The van der Waals surface area contributed by atoms with Crippen LogP contribution < -0.4 is 0 Å². The molecule has 0 spiro atoms. The molecule has 18 heavy (non-hydrogen) atoms. The van der Waals surface area contributed by atoms with Crippen LogP contribution in [0, 0.1) is 0 Å². The molecule has 1 saturated heterocycles. The van der Waals surface area contributed by atoms with Crippen molar-refractivity contribution in [3.8, 4) is 0 Å². The summed E-state index contributed by atoms with van der Waals surface area (Å²) in [5.41, 5.74) is 0.0702. The summed E-state index contributed by atoms with van der Waals surface area (Å²) in [4.78, 5) is 0. The van der Waals surface area contributed by atoms with Crippen LogP contribution in [0.3, 0.4) is 0 Å². The summed E-state index contributed by atoms with van der Waals surface area (Å²) in [6.45, 7) is 24.0. The number of rotatable bonds is 2. The van der Waals surface area contributed by atoms with E-state index in [4.69, 9.17) is 8.54 Å². The first-order chi connectivity index (χ1) is 7.62. The predicted molar refractivity (Wildman–Crippen MR) is 91.0 cm³/mol. The van der Waals surface area contributed by atoms with Crippen LogP contribution in [0.15, 0.2) is 0 Å². The van der Waals surface area contributed by atoms with Gasteiger partial charge in [0.15, 0.2) is 15.7 Å². The molecule has 0 N–H and O–H groups in total. The van der Waals surface area contributed by atoms with Gasteiger partial charge in [-0.25, -0.2) is 0 Å². The van der Waals surface area contributed by atoms with E-state index in [9.17, 15) is 0 Å². The van der Waals surface area contributed by atoms with Crippen molar-refractivity contribution in [1.82, 2.24) is 0 Å². The van der Waals surface area contributed by atoms with Crippen LogP contribution in [0.5, 0.6) is 0 Å². The summed E-state index contributed by atoms with van der Waals surface area (Å²) in [6, 6.07) is 1.25. The fourth-order valence-corrected chi connectivity index (χ4v) is 51.4. The van der Waals surface area contributed by atoms with Crippen molar-refractivity contribution in [3.63, 3.8) is 0 Å². The maximum Gasteiger partial charge on any atom is 0.201 e. The average Bonchev–Trinajstić information content (AvgIpc) is 1.92. The highest BCUT2D eigenvalue weighted by Gasteiger charge is 2.65. The van der Waals surface area contributed by atoms with Gasteiger partial charge in [-0.05, 0) is 59.2 Å². The van der Waals surface area contributed by atoms with Crippen LogP contribution in [0.25, 0.3) is 0 Å². The molecule has 1 atom stereocenters. The molecular weight excluding hydrogens is 288 g/mol. The molecule has 1 aliphatic heterocycles. The van der Waals surface area contributed by atoms with Crippen molar-refractivity contribution in [2.75, 3.05) is 0 Å². The minimum Gasteiger partial charge on any atom is -0.458 e. The minimum absolute atomic E-state index is 0.0702. The van der Waals surface area contributed by atoms with Crippen LogP contribution in [0.4, 0.5) is 0 Å². The molecule has 1 heterocycles. The van der Waals surface area contributed by atoms with E-state index in [0.29, 0.717) is 0 Å². The van der Waals surface area contributed by atoms with Gasteiger partial charge in [0, 0.05) is 5.60 Å². The summed E-state index contributed by atoms with van der Waals surface area (Å²) in [5, 5.41) is 0. The number of hydrogen-bond donors (Lipinski definition) is 0. The third kappa shape index (κ3) is 3.09. The number of hydrogen-bond acceptors (Lipinski definition) is 2. The Morgan fingerprint density at radius 3 is 1.78 bits per heavy atom. The van der Waals surface area contributed by atoms with Gasteiger partial charge in [-0.2, -0.15) is 0 Å². The third-order valence-electron chi connectivity index (χ3n) is 4.35. The molecule has 0 aromatic rings. The molecule has 1 aliphatic rings. The van der Waals surface area contributed by atoms with Crippen LogP contribution >= 0.6 is 0 Å². The molecule has 6 heteroatoms. The summed E-state index contributed by atoms with van der Waals surface area (Å²) >= 11 is 0. The van der Waals surface area contributed by atoms with Gasteiger partial charge in [0.25, 0.3) is 0 Å². The molecule has 0 saturated carbocycles. The SMILES string of the molecule is CC1(C)C[Si](C)(C)[Si](C)(O[Si](C)(C)C)[Si](C)(C)O1. The topological polar surface area (TPSA) is 18.5 Å². The Bertz CT molecular complexity index is 311. The van der Waals surface area contributed by atoms with Gasteiger partial charge in [0.05, 0.1) is 7.59 Å². The summed E-state index contributed by atoms with van der Waals surface area (Å²) in [7, 11) is -6.24. The molecule has 0 aromatic heterocycles. The standard InChI is InChI=1S/C12H32O2Si4/c1-12(2)11-16(6,7)18(10,14-15(3,4)5)17(8,9)13-12/h11H2,1-10H3. The first kappa shape index (κ1) is 16.8. The highest BCUT2D eigenvalue weighted by molar-refractivity contribution is 7.66. The highest BCUT2D eigenvalue weighted by Crippen LogP contribution is 2.45. The second-order valence-corrected chi connectivity index (χ2v) is 38.0. The maximum absolute atomic E-state index is 6.87. The molecule has 0 aromatic carbocycles. The highest BCUT2D eigenvalue weighted by atomic mass is 29.7. The van der Waals surface area contributed by atoms with E-state index in [1.54, 1.807) is 0 Å². The predicted octanol–water partition coefficient (Wildman–Crippen LogP) is 4.29. The Balaban J connectivity index is 3.23. The van der Waals surface area contributed by atoms with E-state index < -0.39 is 31.1 Å². The summed E-state index contributed by atoms with van der Waals surface area (Å²) < 4.78 is 13.5. The fraction of sp³-hybridized carbons (Fsp3) is 1.00. The van der Waals surface area contributed by atoms with E-state index in [0.717, 1.165) is 0 Å². The van der Waals surface area contributed by atoms with E-state index in [1.807, 2.05) is 0 Å². The Morgan fingerprint density at radius 1 is 1.00 bits per heavy atom. The van der Waals surface area contributed by atoms with Gasteiger partial charge < -0.3 is 8.54 Å². The molecule has 0 amide bonds. The molecule has 1 rings (SSSR count). The van der Waals surface area contributed by atoms with Crippen molar-refractivity contribution in [1.29, 1.82) is 0 Å². The van der Waals surface area contributed by atoms with Gasteiger partial charge in [0.1, 0.15) is 0 Å². The monoisotopic (exact) mass is 320 g/mol. The zero-order valence-corrected chi connectivity index (χ0v) is 18.0.